The van der Waals surface area contributed by atoms with Crippen molar-refractivity contribution < 1.29 is 18.3 Å². The molecule has 1 aromatic carbocycles. The van der Waals surface area contributed by atoms with Gasteiger partial charge in [0.25, 0.3) is 11.8 Å². The fraction of sp³-hybridized carbons (Fsp3) is 0.476. The number of morpholine rings is 1. The maximum Gasteiger partial charge on any atom is 0.272 e. The van der Waals surface area contributed by atoms with E-state index in [9.17, 15) is 13.6 Å². The maximum absolute atomic E-state index is 13.4. The standard InChI is InChI=1S/C21H25F2N5O2/c22-21(23)5-7-28(8-6-21)20(29)18-13-16(14-24)25-19(26-18)15-1-3-17(4-2-15)27-9-11-30-12-10-27/h1-4,13H,5-12,14,24H2. The number of anilines is 1. The van der Waals surface area contributed by atoms with Crippen molar-refractivity contribution in [2.24, 2.45) is 5.73 Å². The van der Waals surface area contributed by atoms with Crippen molar-refractivity contribution >= 4 is 11.6 Å². The van der Waals surface area contributed by atoms with Gasteiger partial charge in [0.15, 0.2) is 5.82 Å². The van der Waals surface area contributed by atoms with E-state index in [-0.39, 0.29) is 44.1 Å². The molecular formula is C21H25F2N5O2. The number of carbonyl (C=O) groups excluding carboxylic acids is 1. The first-order chi connectivity index (χ1) is 14.4. The van der Waals surface area contributed by atoms with E-state index in [1.165, 1.54) is 4.90 Å². The predicted molar refractivity (Wildman–Crippen MR) is 108 cm³/mol. The summed E-state index contributed by atoms with van der Waals surface area (Å²) >= 11 is 0. The molecule has 9 heteroatoms. The van der Waals surface area contributed by atoms with Gasteiger partial charge in [-0.3, -0.25) is 4.79 Å². The van der Waals surface area contributed by atoms with Gasteiger partial charge in [-0.25, -0.2) is 18.7 Å². The smallest absolute Gasteiger partial charge is 0.272 e. The van der Waals surface area contributed by atoms with Crippen LogP contribution in [0.15, 0.2) is 30.3 Å². The topological polar surface area (TPSA) is 84.6 Å². The molecule has 160 valence electrons. The first-order valence-electron chi connectivity index (χ1n) is 10.1. The largest absolute Gasteiger partial charge is 0.378 e. The van der Waals surface area contributed by atoms with E-state index in [1.54, 1.807) is 6.07 Å². The number of alkyl halides is 2. The average molecular weight is 417 g/mol. The number of hydrogen-bond acceptors (Lipinski definition) is 6. The fourth-order valence-electron chi connectivity index (χ4n) is 3.68. The van der Waals surface area contributed by atoms with Crippen LogP contribution in [0.25, 0.3) is 11.4 Å². The third-order valence-corrected chi connectivity index (χ3v) is 5.49. The molecule has 1 aromatic heterocycles. The number of nitrogens with zero attached hydrogens (tertiary/aromatic N) is 4. The summed E-state index contributed by atoms with van der Waals surface area (Å²) in [6, 6.07) is 9.35. The maximum atomic E-state index is 13.4. The minimum atomic E-state index is -2.71. The number of piperidine rings is 1. The molecule has 4 rings (SSSR count). The highest BCUT2D eigenvalue weighted by molar-refractivity contribution is 5.93. The highest BCUT2D eigenvalue weighted by atomic mass is 19.3. The molecule has 0 spiro atoms. The molecule has 0 aliphatic carbocycles. The van der Waals surface area contributed by atoms with E-state index < -0.39 is 5.92 Å². The van der Waals surface area contributed by atoms with E-state index in [0.717, 1.165) is 24.3 Å². The molecule has 1 amide bonds. The Labute approximate surface area is 173 Å². The molecule has 2 N–H and O–H groups in total. The number of nitrogens with two attached hydrogens (primary N) is 1. The minimum Gasteiger partial charge on any atom is -0.378 e. The second kappa shape index (κ2) is 8.61. The van der Waals surface area contributed by atoms with Crippen molar-refractivity contribution in [3.8, 4) is 11.4 Å². The van der Waals surface area contributed by atoms with Crippen molar-refractivity contribution in [2.75, 3.05) is 44.3 Å². The normalized spacial score (nSPS) is 19.0. The summed E-state index contributed by atoms with van der Waals surface area (Å²) in [7, 11) is 0. The number of ether oxygens (including phenoxy) is 1. The summed E-state index contributed by atoms with van der Waals surface area (Å²) in [6.07, 6.45) is -0.660. The van der Waals surface area contributed by atoms with Gasteiger partial charge in [-0.15, -0.1) is 0 Å². The van der Waals surface area contributed by atoms with Crippen LogP contribution >= 0.6 is 0 Å². The zero-order chi connectivity index (χ0) is 21.1. The quantitative estimate of drug-likeness (QED) is 0.822. The Hall–Kier alpha value is -2.65. The van der Waals surface area contributed by atoms with Crippen LogP contribution in [-0.2, 0) is 11.3 Å². The molecule has 0 saturated carbocycles. The second-order valence-corrected chi connectivity index (χ2v) is 7.57. The lowest BCUT2D eigenvalue weighted by molar-refractivity contribution is -0.0495. The van der Waals surface area contributed by atoms with Gasteiger partial charge in [-0.2, -0.15) is 0 Å². The van der Waals surface area contributed by atoms with E-state index in [0.29, 0.717) is 24.7 Å². The van der Waals surface area contributed by atoms with E-state index in [4.69, 9.17) is 10.5 Å². The van der Waals surface area contributed by atoms with Crippen LogP contribution in [0.5, 0.6) is 0 Å². The van der Waals surface area contributed by atoms with Crippen molar-refractivity contribution in [1.82, 2.24) is 14.9 Å². The Morgan fingerprint density at radius 2 is 1.73 bits per heavy atom. The number of aromatic nitrogens is 2. The highest BCUT2D eigenvalue weighted by Gasteiger charge is 2.36. The van der Waals surface area contributed by atoms with Gasteiger partial charge in [0.2, 0.25) is 0 Å². The molecule has 3 heterocycles. The zero-order valence-electron chi connectivity index (χ0n) is 16.7. The number of amides is 1. The van der Waals surface area contributed by atoms with Crippen LogP contribution in [0.2, 0.25) is 0 Å². The van der Waals surface area contributed by atoms with Crippen LogP contribution in [0.3, 0.4) is 0 Å². The van der Waals surface area contributed by atoms with Gasteiger partial charge >= 0.3 is 0 Å². The number of halogens is 2. The molecule has 0 bridgehead atoms. The lowest BCUT2D eigenvalue weighted by Gasteiger charge is -2.31. The van der Waals surface area contributed by atoms with E-state index in [2.05, 4.69) is 14.9 Å². The molecule has 7 nitrogen and oxygen atoms in total. The fourth-order valence-corrected chi connectivity index (χ4v) is 3.68. The molecule has 0 unspecified atom stereocenters. The molecule has 2 aliphatic heterocycles. The number of rotatable bonds is 4. The number of benzene rings is 1. The Bertz CT molecular complexity index is 891. The molecule has 2 aromatic rings. The third-order valence-electron chi connectivity index (χ3n) is 5.49. The molecule has 0 radical (unpaired) electrons. The van der Waals surface area contributed by atoms with Crippen molar-refractivity contribution in [1.29, 1.82) is 0 Å². The van der Waals surface area contributed by atoms with Gasteiger partial charge in [-0.1, -0.05) is 0 Å². The Morgan fingerprint density at radius 1 is 1.07 bits per heavy atom. The number of likely N-dealkylation sites (tertiary alicyclic amines) is 1. The summed E-state index contributed by atoms with van der Waals surface area (Å²) < 4.78 is 32.2. The summed E-state index contributed by atoms with van der Waals surface area (Å²) in [4.78, 5) is 25.4. The first kappa shape index (κ1) is 20.6. The summed E-state index contributed by atoms with van der Waals surface area (Å²) in [5.41, 5.74) is 8.33. The van der Waals surface area contributed by atoms with E-state index >= 15 is 0 Å². The summed E-state index contributed by atoms with van der Waals surface area (Å²) in [5.74, 6) is -2.68. The van der Waals surface area contributed by atoms with Crippen molar-refractivity contribution in [3.05, 3.63) is 41.7 Å². The molecule has 0 atom stereocenters. The third kappa shape index (κ3) is 4.57. The van der Waals surface area contributed by atoms with Crippen LogP contribution in [0.1, 0.15) is 29.0 Å². The Balaban J connectivity index is 1.56. The van der Waals surface area contributed by atoms with Gasteiger partial charge < -0.3 is 20.3 Å². The lowest BCUT2D eigenvalue weighted by atomic mass is 10.1. The highest BCUT2D eigenvalue weighted by Crippen LogP contribution is 2.28. The van der Waals surface area contributed by atoms with Crippen molar-refractivity contribution in [3.63, 3.8) is 0 Å². The molecule has 2 saturated heterocycles. The molecule has 30 heavy (non-hydrogen) atoms. The number of carbonyl (C=O) groups is 1. The van der Waals surface area contributed by atoms with Gasteiger partial charge in [-0.05, 0) is 30.3 Å². The average Bonchev–Trinajstić information content (AvgIpc) is 2.79. The van der Waals surface area contributed by atoms with Crippen LogP contribution in [0.4, 0.5) is 14.5 Å². The summed E-state index contributed by atoms with van der Waals surface area (Å²) in [6.45, 7) is 3.27. The lowest BCUT2D eigenvalue weighted by Crippen LogP contribution is -2.43. The van der Waals surface area contributed by atoms with Gasteiger partial charge in [0, 0.05) is 56.8 Å². The molecular weight excluding hydrogens is 392 g/mol. The van der Waals surface area contributed by atoms with Gasteiger partial charge in [0.05, 0.1) is 18.9 Å². The van der Waals surface area contributed by atoms with Gasteiger partial charge in [0.1, 0.15) is 5.69 Å². The Kier molecular flexibility index (Phi) is 5.92. The monoisotopic (exact) mass is 417 g/mol. The zero-order valence-corrected chi connectivity index (χ0v) is 16.7. The van der Waals surface area contributed by atoms with Crippen LogP contribution in [-0.4, -0.2) is 66.1 Å². The number of hydrogen-bond donors (Lipinski definition) is 1. The molecule has 2 fully saturated rings. The van der Waals surface area contributed by atoms with E-state index in [1.807, 2.05) is 24.3 Å². The second-order valence-electron chi connectivity index (χ2n) is 7.57. The Morgan fingerprint density at radius 3 is 2.37 bits per heavy atom. The minimum absolute atomic E-state index is 0.0113. The van der Waals surface area contributed by atoms with Crippen LogP contribution in [0, 0.1) is 0 Å². The molecule has 2 aliphatic rings. The summed E-state index contributed by atoms with van der Waals surface area (Å²) in [5, 5.41) is 0. The predicted octanol–water partition coefficient (Wildman–Crippen LogP) is 2.31. The SMILES string of the molecule is NCc1cc(C(=O)N2CCC(F)(F)CC2)nc(-c2ccc(N3CCOCC3)cc2)n1. The van der Waals surface area contributed by atoms with Crippen LogP contribution < -0.4 is 10.6 Å². The van der Waals surface area contributed by atoms with Crippen molar-refractivity contribution in [2.45, 2.75) is 25.3 Å². The first-order valence-corrected chi connectivity index (χ1v) is 10.1.